The van der Waals surface area contributed by atoms with E-state index in [4.69, 9.17) is 4.74 Å². The molecule has 0 heterocycles. The van der Waals surface area contributed by atoms with Crippen molar-refractivity contribution in [2.24, 2.45) is 5.92 Å². The Labute approximate surface area is 209 Å². The Morgan fingerprint density at radius 2 is 1.60 bits per heavy atom. The number of rotatable bonds is 11. The first kappa shape index (κ1) is 28.1. The van der Waals surface area contributed by atoms with Crippen LogP contribution in [0.1, 0.15) is 57.0 Å². The fourth-order valence-corrected chi connectivity index (χ4v) is 3.38. The van der Waals surface area contributed by atoms with Gasteiger partial charge in [0.2, 0.25) is 11.8 Å². The molecule has 0 saturated carbocycles. The van der Waals surface area contributed by atoms with Gasteiger partial charge in [0.1, 0.15) is 11.8 Å². The molecule has 0 saturated heterocycles. The summed E-state index contributed by atoms with van der Waals surface area (Å²) in [5.74, 6) is 0.0958. The van der Waals surface area contributed by atoms with Gasteiger partial charge in [-0.15, -0.1) is 0 Å². The quantitative estimate of drug-likeness (QED) is 0.376. The maximum absolute atomic E-state index is 13.0. The SMILES string of the molecule is CC(C)CCN(C)CC(=O)N[C@@H](Cc1ccc(OC(=O)c2ccccc2)cc1)C(=O)NC(C)(C)C. The van der Waals surface area contributed by atoms with E-state index in [0.717, 1.165) is 18.5 Å². The minimum atomic E-state index is -0.724. The highest BCUT2D eigenvalue weighted by Gasteiger charge is 2.25. The van der Waals surface area contributed by atoms with Crippen LogP contribution in [-0.2, 0) is 16.0 Å². The molecule has 0 bridgehead atoms. The zero-order valence-electron chi connectivity index (χ0n) is 21.8. The molecule has 1 atom stereocenters. The smallest absolute Gasteiger partial charge is 0.343 e. The van der Waals surface area contributed by atoms with Crippen LogP contribution in [-0.4, -0.2) is 54.4 Å². The molecule has 0 radical (unpaired) electrons. The maximum atomic E-state index is 13.0. The summed E-state index contributed by atoms with van der Waals surface area (Å²) in [6.45, 7) is 11.0. The highest BCUT2D eigenvalue weighted by molar-refractivity contribution is 5.91. The van der Waals surface area contributed by atoms with Crippen LogP contribution in [0.4, 0.5) is 0 Å². The topological polar surface area (TPSA) is 87.7 Å². The Morgan fingerprint density at radius 3 is 2.17 bits per heavy atom. The normalized spacial score (nSPS) is 12.3. The molecule has 0 fully saturated rings. The average molecular weight is 482 g/mol. The van der Waals surface area contributed by atoms with Crippen molar-refractivity contribution in [2.75, 3.05) is 20.1 Å². The second kappa shape index (κ2) is 13.0. The van der Waals surface area contributed by atoms with Crippen molar-refractivity contribution in [2.45, 2.75) is 59.0 Å². The van der Waals surface area contributed by atoms with E-state index in [2.05, 4.69) is 24.5 Å². The van der Waals surface area contributed by atoms with Crippen molar-refractivity contribution >= 4 is 17.8 Å². The molecule has 0 aliphatic rings. The summed E-state index contributed by atoms with van der Waals surface area (Å²) < 4.78 is 5.43. The van der Waals surface area contributed by atoms with Gasteiger partial charge in [0.05, 0.1) is 12.1 Å². The van der Waals surface area contributed by atoms with Crippen LogP contribution in [0, 0.1) is 5.92 Å². The molecule has 190 valence electrons. The largest absolute Gasteiger partial charge is 0.423 e. The Hall–Kier alpha value is -3.19. The average Bonchev–Trinajstić information content (AvgIpc) is 2.78. The van der Waals surface area contributed by atoms with E-state index >= 15 is 0 Å². The lowest BCUT2D eigenvalue weighted by atomic mass is 10.0. The van der Waals surface area contributed by atoms with Gasteiger partial charge in [0.15, 0.2) is 0 Å². The number of hydrogen-bond donors (Lipinski definition) is 2. The fraction of sp³-hybridized carbons (Fsp3) is 0.464. The molecular weight excluding hydrogens is 442 g/mol. The Balaban J connectivity index is 2.04. The summed E-state index contributed by atoms with van der Waals surface area (Å²) in [6, 6.07) is 15.0. The van der Waals surface area contributed by atoms with Crippen molar-refractivity contribution in [1.82, 2.24) is 15.5 Å². The highest BCUT2D eigenvalue weighted by atomic mass is 16.5. The van der Waals surface area contributed by atoms with Crippen molar-refractivity contribution < 1.29 is 19.1 Å². The van der Waals surface area contributed by atoms with Crippen LogP contribution in [0.5, 0.6) is 5.75 Å². The first-order valence-corrected chi connectivity index (χ1v) is 12.1. The zero-order valence-corrected chi connectivity index (χ0v) is 21.8. The zero-order chi connectivity index (χ0) is 26.0. The van der Waals surface area contributed by atoms with Crippen LogP contribution < -0.4 is 15.4 Å². The predicted molar refractivity (Wildman–Crippen MR) is 138 cm³/mol. The molecule has 7 heteroatoms. The molecule has 7 nitrogen and oxygen atoms in total. The third-order valence-electron chi connectivity index (χ3n) is 5.23. The van der Waals surface area contributed by atoms with Gasteiger partial charge in [-0.2, -0.15) is 0 Å². The fourth-order valence-electron chi connectivity index (χ4n) is 3.38. The Kier molecular flexibility index (Phi) is 10.5. The lowest BCUT2D eigenvalue weighted by molar-refractivity contribution is -0.130. The summed E-state index contributed by atoms with van der Waals surface area (Å²) in [5.41, 5.74) is 0.882. The Morgan fingerprint density at radius 1 is 0.971 bits per heavy atom. The minimum Gasteiger partial charge on any atom is -0.423 e. The first-order valence-electron chi connectivity index (χ1n) is 12.1. The molecule has 2 aromatic rings. The van der Waals surface area contributed by atoms with Crippen LogP contribution in [0.3, 0.4) is 0 Å². The standard InChI is InChI=1S/C28H39N3O4/c1-20(2)16-17-31(6)19-25(32)29-24(26(33)30-28(3,4)5)18-21-12-14-23(15-13-21)35-27(34)22-10-8-7-9-11-22/h7-15,20,24H,16-19H2,1-6H3,(H,29,32)(H,30,33)/t24-/m0/s1. The van der Waals surface area contributed by atoms with E-state index in [0.29, 0.717) is 23.7 Å². The number of benzene rings is 2. The second-order valence-corrected chi connectivity index (χ2v) is 10.4. The molecule has 0 spiro atoms. The predicted octanol–water partition coefficient (Wildman–Crippen LogP) is 3.83. The van der Waals surface area contributed by atoms with Crippen LogP contribution in [0.25, 0.3) is 0 Å². The van der Waals surface area contributed by atoms with Crippen LogP contribution in [0.2, 0.25) is 0 Å². The molecule has 2 amide bonds. The van der Waals surface area contributed by atoms with Crippen molar-refractivity contribution in [3.63, 3.8) is 0 Å². The van der Waals surface area contributed by atoms with Crippen molar-refractivity contribution in [3.05, 3.63) is 65.7 Å². The molecule has 2 aromatic carbocycles. The van der Waals surface area contributed by atoms with E-state index in [9.17, 15) is 14.4 Å². The third kappa shape index (κ3) is 10.7. The van der Waals surface area contributed by atoms with Crippen molar-refractivity contribution in [1.29, 1.82) is 0 Å². The number of ether oxygens (including phenoxy) is 1. The van der Waals surface area contributed by atoms with Gasteiger partial charge in [-0.3, -0.25) is 14.5 Å². The lowest BCUT2D eigenvalue weighted by Gasteiger charge is -2.26. The van der Waals surface area contributed by atoms with Gasteiger partial charge in [-0.25, -0.2) is 4.79 Å². The molecule has 35 heavy (non-hydrogen) atoms. The van der Waals surface area contributed by atoms with Crippen LogP contribution >= 0.6 is 0 Å². The minimum absolute atomic E-state index is 0.196. The van der Waals surface area contributed by atoms with Crippen molar-refractivity contribution in [3.8, 4) is 5.75 Å². The molecule has 2 rings (SSSR count). The molecular formula is C28H39N3O4. The first-order chi connectivity index (χ1) is 16.4. The third-order valence-corrected chi connectivity index (χ3v) is 5.23. The molecule has 0 aromatic heterocycles. The summed E-state index contributed by atoms with van der Waals surface area (Å²) in [5, 5.41) is 5.85. The van der Waals surface area contributed by atoms with E-state index in [1.807, 2.05) is 38.8 Å². The monoisotopic (exact) mass is 481 g/mol. The van der Waals surface area contributed by atoms with Gasteiger partial charge < -0.3 is 15.4 Å². The number of nitrogens with zero attached hydrogens (tertiary/aromatic N) is 1. The molecule has 2 N–H and O–H groups in total. The highest BCUT2D eigenvalue weighted by Crippen LogP contribution is 2.16. The lowest BCUT2D eigenvalue weighted by Crippen LogP contribution is -2.54. The number of amides is 2. The summed E-state index contributed by atoms with van der Waals surface area (Å²) in [7, 11) is 1.90. The maximum Gasteiger partial charge on any atom is 0.343 e. The number of hydrogen-bond acceptors (Lipinski definition) is 5. The summed E-state index contributed by atoms with van der Waals surface area (Å²) in [4.78, 5) is 39.9. The number of nitrogens with one attached hydrogen (secondary N) is 2. The summed E-state index contributed by atoms with van der Waals surface area (Å²) in [6.07, 6.45) is 1.31. The van der Waals surface area contributed by atoms with Gasteiger partial charge >= 0.3 is 5.97 Å². The number of carbonyl (C=O) groups is 3. The molecule has 0 unspecified atom stereocenters. The van der Waals surface area contributed by atoms with Gasteiger partial charge in [-0.05, 0) is 76.5 Å². The Bertz CT molecular complexity index is 966. The number of likely N-dealkylation sites (N-methyl/N-ethyl adjacent to an activating group) is 1. The summed E-state index contributed by atoms with van der Waals surface area (Å²) >= 11 is 0. The van der Waals surface area contributed by atoms with Gasteiger partial charge in [0, 0.05) is 12.0 Å². The van der Waals surface area contributed by atoms with Crippen LogP contribution in [0.15, 0.2) is 54.6 Å². The van der Waals surface area contributed by atoms with E-state index in [-0.39, 0.29) is 18.4 Å². The second-order valence-electron chi connectivity index (χ2n) is 10.4. The van der Waals surface area contributed by atoms with Gasteiger partial charge in [0.25, 0.3) is 0 Å². The molecule has 0 aliphatic heterocycles. The van der Waals surface area contributed by atoms with Gasteiger partial charge in [-0.1, -0.05) is 44.2 Å². The van der Waals surface area contributed by atoms with E-state index < -0.39 is 17.6 Å². The number of esters is 1. The van der Waals surface area contributed by atoms with E-state index in [1.165, 1.54) is 0 Å². The number of carbonyl (C=O) groups excluding carboxylic acids is 3. The molecule has 0 aliphatic carbocycles. The van der Waals surface area contributed by atoms with E-state index in [1.54, 1.807) is 48.5 Å².